The first-order chi connectivity index (χ1) is 8.08. The Morgan fingerprint density at radius 2 is 2.06 bits per heavy atom. The summed E-state index contributed by atoms with van der Waals surface area (Å²) in [7, 11) is -3.52. The molecular weight excluding hydrogens is 338 g/mol. The van der Waals surface area contributed by atoms with Gasteiger partial charge in [0, 0.05) is 13.1 Å². The maximum absolute atomic E-state index is 12.4. The molecule has 7 heteroatoms. The highest BCUT2D eigenvalue weighted by atomic mass is 79.9. The van der Waals surface area contributed by atoms with Gasteiger partial charge in [-0.2, -0.15) is 4.31 Å². The van der Waals surface area contributed by atoms with Gasteiger partial charge in [-0.3, -0.25) is 0 Å². The largest absolute Gasteiger partial charge is 0.389 e. The molecule has 0 aromatic carbocycles. The molecule has 0 aliphatic heterocycles. The van der Waals surface area contributed by atoms with Gasteiger partial charge in [0.1, 0.15) is 4.21 Å². The molecule has 0 amide bonds. The van der Waals surface area contributed by atoms with Crippen LogP contribution in [0.3, 0.4) is 0 Å². The van der Waals surface area contributed by atoms with Gasteiger partial charge >= 0.3 is 0 Å². The van der Waals surface area contributed by atoms with Gasteiger partial charge in [0.15, 0.2) is 0 Å². The fourth-order valence-electron chi connectivity index (χ4n) is 1.48. The van der Waals surface area contributed by atoms with Crippen LogP contribution in [0.2, 0.25) is 0 Å². The Hall–Kier alpha value is 0.0500. The van der Waals surface area contributed by atoms with Crippen LogP contribution >= 0.6 is 27.3 Å². The van der Waals surface area contributed by atoms with Crippen molar-refractivity contribution in [2.45, 2.75) is 37.5 Å². The number of hydrogen-bond donors (Lipinski definition) is 1. The van der Waals surface area contributed by atoms with Crippen LogP contribution in [-0.2, 0) is 10.0 Å². The number of hydrogen-bond acceptors (Lipinski definition) is 4. The average Bonchev–Trinajstić information content (AvgIpc) is 2.55. The van der Waals surface area contributed by atoms with Gasteiger partial charge in [0.05, 0.1) is 9.39 Å². The molecule has 0 radical (unpaired) electrons. The second-order valence-corrected chi connectivity index (χ2v) is 9.30. The summed E-state index contributed by atoms with van der Waals surface area (Å²) in [6.45, 7) is 7.23. The van der Waals surface area contributed by atoms with E-state index in [2.05, 4.69) is 15.9 Å². The Kier molecular flexibility index (Phi) is 4.99. The molecule has 104 valence electrons. The number of aliphatic hydroxyl groups is 1. The van der Waals surface area contributed by atoms with Gasteiger partial charge in [-0.05, 0) is 48.3 Å². The molecule has 18 heavy (non-hydrogen) atoms. The third kappa shape index (κ3) is 3.77. The number of rotatable bonds is 5. The fourth-order valence-corrected chi connectivity index (χ4v) is 5.47. The molecule has 0 aliphatic rings. The third-order valence-electron chi connectivity index (χ3n) is 2.34. The molecule has 1 aromatic rings. The van der Waals surface area contributed by atoms with Crippen molar-refractivity contribution in [1.82, 2.24) is 4.31 Å². The lowest BCUT2D eigenvalue weighted by molar-refractivity contribution is 0.0602. The number of likely N-dealkylation sites (N-methyl/N-ethyl adjacent to an activating group) is 1. The summed E-state index contributed by atoms with van der Waals surface area (Å²) in [5.74, 6) is 0. The molecule has 1 rings (SSSR count). The van der Waals surface area contributed by atoms with E-state index in [-0.39, 0.29) is 6.54 Å². The Labute approximate surface area is 121 Å². The van der Waals surface area contributed by atoms with E-state index in [4.69, 9.17) is 0 Å². The average molecular weight is 356 g/mol. The van der Waals surface area contributed by atoms with Crippen LogP contribution in [0.15, 0.2) is 14.1 Å². The van der Waals surface area contributed by atoms with E-state index in [1.165, 1.54) is 15.6 Å². The highest BCUT2D eigenvalue weighted by Gasteiger charge is 2.29. The predicted octanol–water partition coefficient (Wildman–Crippen LogP) is 2.60. The number of sulfonamides is 1. The fraction of sp³-hybridized carbons (Fsp3) is 0.636. The highest BCUT2D eigenvalue weighted by molar-refractivity contribution is 9.11. The van der Waals surface area contributed by atoms with Crippen LogP contribution < -0.4 is 0 Å². The second kappa shape index (κ2) is 5.58. The van der Waals surface area contributed by atoms with E-state index in [9.17, 15) is 13.5 Å². The lowest BCUT2D eigenvalue weighted by Gasteiger charge is -2.26. The first-order valence-corrected chi connectivity index (χ1v) is 8.61. The molecule has 0 atom stereocenters. The van der Waals surface area contributed by atoms with E-state index in [1.807, 2.05) is 6.92 Å². The standard InChI is InChI=1S/C11H18BrNO3S2/c1-5-13(7-11(3,4)14)18(15,16)9-6-8(2)10(12)17-9/h6,14H,5,7H2,1-4H3. The molecule has 0 saturated carbocycles. The first kappa shape index (κ1) is 16.1. The number of nitrogens with zero attached hydrogens (tertiary/aromatic N) is 1. The zero-order valence-electron chi connectivity index (χ0n) is 10.9. The Balaban J connectivity index is 3.11. The summed E-state index contributed by atoms with van der Waals surface area (Å²) in [6, 6.07) is 1.65. The topological polar surface area (TPSA) is 57.6 Å². The van der Waals surface area contributed by atoms with Gasteiger partial charge in [0.2, 0.25) is 0 Å². The highest BCUT2D eigenvalue weighted by Crippen LogP contribution is 2.32. The number of halogens is 1. The number of aryl methyl sites for hydroxylation is 1. The van der Waals surface area contributed by atoms with Crippen molar-refractivity contribution in [1.29, 1.82) is 0 Å². The lowest BCUT2D eigenvalue weighted by Crippen LogP contribution is -2.41. The summed E-state index contributed by atoms with van der Waals surface area (Å²) in [5.41, 5.74) is -0.148. The van der Waals surface area contributed by atoms with Gasteiger partial charge in [0.25, 0.3) is 10.0 Å². The van der Waals surface area contributed by atoms with E-state index in [0.717, 1.165) is 9.35 Å². The maximum atomic E-state index is 12.4. The molecule has 0 saturated heterocycles. The van der Waals surface area contributed by atoms with Crippen LogP contribution in [-0.4, -0.2) is 36.5 Å². The smallest absolute Gasteiger partial charge is 0.252 e. The molecule has 0 unspecified atom stereocenters. The molecule has 0 bridgehead atoms. The summed E-state index contributed by atoms with van der Waals surface area (Å²) < 4.78 is 27.2. The lowest BCUT2D eigenvalue weighted by atomic mass is 10.1. The van der Waals surface area contributed by atoms with E-state index >= 15 is 0 Å². The molecule has 0 fully saturated rings. The summed E-state index contributed by atoms with van der Waals surface area (Å²) in [4.78, 5) is 0. The van der Waals surface area contributed by atoms with Crippen LogP contribution in [0.4, 0.5) is 0 Å². The summed E-state index contributed by atoms with van der Waals surface area (Å²) in [6.07, 6.45) is 0. The monoisotopic (exact) mass is 355 g/mol. The van der Waals surface area contributed by atoms with Crippen LogP contribution in [0, 0.1) is 6.92 Å². The van der Waals surface area contributed by atoms with Crippen molar-refractivity contribution in [3.63, 3.8) is 0 Å². The van der Waals surface area contributed by atoms with Crippen molar-refractivity contribution >= 4 is 37.3 Å². The van der Waals surface area contributed by atoms with Crippen molar-refractivity contribution < 1.29 is 13.5 Å². The summed E-state index contributed by atoms with van der Waals surface area (Å²) in [5, 5.41) is 9.78. The zero-order valence-corrected chi connectivity index (χ0v) is 14.1. The second-order valence-electron chi connectivity index (χ2n) is 4.77. The Bertz CT molecular complexity index is 497. The maximum Gasteiger partial charge on any atom is 0.252 e. The predicted molar refractivity (Wildman–Crippen MR) is 77.5 cm³/mol. The summed E-state index contributed by atoms with van der Waals surface area (Å²) >= 11 is 4.52. The van der Waals surface area contributed by atoms with Gasteiger partial charge in [-0.1, -0.05) is 6.92 Å². The van der Waals surface area contributed by atoms with Gasteiger partial charge in [-0.25, -0.2) is 8.42 Å². The Morgan fingerprint density at radius 1 is 1.50 bits per heavy atom. The molecular formula is C11H18BrNO3S2. The van der Waals surface area contributed by atoms with Crippen molar-refractivity contribution in [3.8, 4) is 0 Å². The van der Waals surface area contributed by atoms with Crippen molar-refractivity contribution in [3.05, 3.63) is 15.4 Å². The van der Waals surface area contributed by atoms with Crippen LogP contribution in [0.25, 0.3) is 0 Å². The minimum atomic E-state index is -3.52. The van der Waals surface area contributed by atoms with Gasteiger partial charge in [-0.15, -0.1) is 11.3 Å². The Morgan fingerprint density at radius 3 is 2.39 bits per heavy atom. The van der Waals surface area contributed by atoms with Gasteiger partial charge < -0.3 is 5.11 Å². The molecule has 4 nitrogen and oxygen atoms in total. The van der Waals surface area contributed by atoms with E-state index in [0.29, 0.717) is 10.8 Å². The quantitative estimate of drug-likeness (QED) is 0.882. The molecule has 1 heterocycles. The van der Waals surface area contributed by atoms with E-state index in [1.54, 1.807) is 26.8 Å². The third-order valence-corrected chi connectivity index (χ3v) is 6.85. The van der Waals surface area contributed by atoms with Crippen molar-refractivity contribution in [2.24, 2.45) is 0 Å². The van der Waals surface area contributed by atoms with Crippen molar-refractivity contribution in [2.75, 3.05) is 13.1 Å². The van der Waals surface area contributed by atoms with Crippen LogP contribution in [0.5, 0.6) is 0 Å². The SMILES string of the molecule is CCN(CC(C)(C)O)S(=O)(=O)c1cc(C)c(Br)s1. The van der Waals surface area contributed by atoms with Crippen LogP contribution in [0.1, 0.15) is 26.3 Å². The molecule has 1 aromatic heterocycles. The normalized spacial score (nSPS) is 13.3. The number of thiophene rings is 1. The van der Waals surface area contributed by atoms with E-state index < -0.39 is 15.6 Å². The zero-order chi connectivity index (χ0) is 14.1. The minimum absolute atomic E-state index is 0.0837. The molecule has 0 spiro atoms. The minimum Gasteiger partial charge on any atom is -0.389 e. The first-order valence-electron chi connectivity index (χ1n) is 5.56. The molecule has 0 aliphatic carbocycles. The molecule has 1 N–H and O–H groups in total.